The fraction of sp³-hybridized carbons (Fsp3) is 0. The number of aromatic carboxylic acids is 2. The summed E-state index contributed by atoms with van der Waals surface area (Å²) < 4.78 is 0. The Bertz CT molecular complexity index is 1150. The second kappa shape index (κ2) is 7.42. The van der Waals surface area contributed by atoms with Gasteiger partial charge in [0.2, 0.25) is 0 Å². The van der Waals surface area contributed by atoms with E-state index in [1.54, 1.807) is 41.7 Å². The predicted molar refractivity (Wildman–Crippen MR) is 112 cm³/mol. The van der Waals surface area contributed by atoms with Crippen molar-refractivity contribution in [2.75, 3.05) is 0 Å². The van der Waals surface area contributed by atoms with Crippen molar-refractivity contribution in [1.82, 2.24) is 0 Å². The van der Waals surface area contributed by atoms with E-state index in [1.165, 1.54) is 11.3 Å². The van der Waals surface area contributed by atoms with Gasteiger partial charge in [0.15, 0.2) is 0 Å². The number of carboxylic acids is 2. The molecule has 2 N–H and O–H groups in total. The zero-order valence-corrected chi connectivity index (χ0v) is 16.1. The topological polar surface area (TPSA) is 74.6 Å². The highest BCUT2D eigenvalue weighted by atomic mass is 32.1. The van der Waals surface area contributed by atoms with Crippen LogP contribution in [0.4, 0.5) is 0 Å². The van der Waals surface area contributed by atoms with E-state index in [0.717, 1.165) is 31.3 Å². The van der Waals surface area contributed by atoms with Crippen molar-refractivity contribution < 1.29 is 19.8 Å². The van der Waals surface area contributed by atoms with Crippen molar-refractivity contribution in [3.05, 3.63) is 83.2 Å². The smallest absolute Gasteiger partial charge is 0.345 e. The molecule has 0 fully saturated rings. The fourth-order valence-corrected chi connectivity index (χ4v) is 4.79. The lowest BCUT2D eigenvalue weighted by Crippen LogP contribution is -1.94. The molecule has 0 aliphatic heterocycles. The van der Waals surface area contributed by atoms with Crippen molar-refractivity contribution in [2.24, 2.45) is 0 Å². The molecule has 6 heteroatoms. The van der Waals surface area contributed by atoms with E-state index < -0.39 is 11.9 Å². The van der Waals surface area contributed by atoms with Gasteiger partial charge in [0.25, 0.3) is 0 Å². The minimum absolute atomic E-state index is 0.270. The Morgan fingerprint density at radius 3 is 1.61 bits per heavy atom. The third-order valence-electron chi connectivity index (χ3n) is 4.30. The highest BCUT2D eigenvalue weighted by Crippen LogP contribution is 2.38. The molecule has 0 saturated carbocycles. The molecule has 4 nitrogen and oxygen atoms in total. The Hall–Kier alpha value is -3.22. The van der Waals surface area contributed by atoms with Crippen molar-refractivity contribution in [3.8, 4) is 31.3 Å². The largest absolute Gasteiger partial charge is 0.478 e. The van der Waals surface area contributed by atoms with E-state index in [4.69, 9.17) is 10.2 Å². The molecule has 4 rings (SSSR count). The number of benzene rings is 2. The molecule has 4 aromatic rings. The van der Waals surface area contributed by atoms with Gasteiger partial charge in [-0.2, -0.15) is 0 Å². The summed E-state index contributed by atoms with van der Waals surface area (Å²) in [4.78, 5) is 25.5. The number of hydrogen-bond acceptors (Lipinski definition) is 4. The summed E-state index contributed by atoms with van der Waals surface area (Å²) in [6.07, 6.45) is 0. The van der Waals surface area contributed by atoms with Crippen molar-refractivity contribution >= 4 is 34.6 Å². The number of rotatable bonds is 5. The number of carbonyl (C=O) groups is 2. The van der Waals surface area contributed by atoms with Gasteiger partial charge < -0.3 is 10.2 Å². The standard InChI is InChI=1S/C22H14O4S2/c23-21(24)16-7-3-14(4-8-16)13-1-5-15(6-2-13)17-9-10-18(27-17)19-11-12-20(28-19)22(25)26/h1-12H,(H,23,24)(H,25,26). The zero-order valence-electron chi connectivity index (χ0n) is 14.5. The SMILES string of the molecule is O=C(O)c1ccc(-c2ccc(-c3ccc(-c4ccc(C(=O)O)s4)s3)cc2)cc1. The normalized spacial score (nSPS) is 10.7. The van der Waals surface area contributed by atoms with E-state index in [9.17, 15) is 9.59 Å². The van der Waals surface area contributed by atoms with Gasteiger partial charge in [-0.25, -0.2) is 9.59 Å². The second-order valence-electron chi connectivity index (χ2n) is 6.09. The van der Waals surface area contributed by atoms with Crippen LogP contribution in [-0.4, -0.2) is 22.2 Å². The third kappa shape index (κ3) is 3.60. The maximum atomic E-state index is 11.1. The summed E-state index contributed by atoms with van der Waals surface area (Å²) >= 11 is 2.90. The van der Waals surface area contributed by atoms with Gasteiger partial charge in [0.05, 0.1) is 5.56 Å². The van der Waals surface area contributed by atoms with Gasteiger partial charge in [-0.3, -0.25) is 0 Å². The Morgan fingerprint density at radius 1 is 0.536 bits per heavy atom. The van der Waals surface area contributed by atoms with E-state index in [2.05, 4.69) is 0 Å². The molecule has 0 saturated heterocycles. The van der Waals surface area contributed by atoms with E-state index >= 15 is 0 Å². The lowest BCUT2D eigenvalue weighted by molar-refractivity contribution is 0.0688. The highest BCUT2D eigenvalue weighted by Gasteiger charge is 2.11. The number of hydrogen-bond donors (Lipinski definition) is 2. The predicted octanol–water partition coefficient (Wildman–Crippen LogP) is 6.21. The van der Waals surface area contributed by atoms with E-state index in [-0.39, 0.29) is 5.56 Å². The average molecular weight is 406 g/mol. The molecule has 138 valence electrons. The third-order valence-corrected chi connectivity index (χ3v) is 6.70. The van der Waals surface area contributed by atoms with E-state index in [1.807, 2.05) is 42.5 Å². The summed E-state index contributed by atoms with van der Waals surface area (Å²) in [6.45, 7) is 0. The summed E-state index contributed by atoms with van der Waals surface area (Å²) in [7, 11) is 0. The summed E-state index contributed by atoms with van der Waals surface area (Å²) in [5.74, 6) is -1.84. The monoisotopic (exact) mass is 406 g/mol. The maximum Gasteiger partial charge on any atom is 0.345 e. The van der Waals surface area contributed by atoms with Crippen LogP contribution in [0.15, 0.2) is 72.8 Å². The van der Waals surface area contributed by atoms with Crippen LogP contribution >= 0.6 is 22.7 Å². The fourth-order valence-electron chi connectivity index (χ4n) is 2.84. The van der Waals surface area contributed by atoms with Gasteiger partial charge in [0.1, 0.15) is 4.88 Å². The minimum atomic E-state index is -0.934. The first kappa shape index (κ1) is 18.2. The molecule has 0 aliphatic carbocycles. The Kier molecular flexibility index (Phi) is 4.81. The first-order chi connectivity index (χ1) is 13.5. The number of carboxylic acid groups (broad SMARTS) is 2. The van der Waals surface area contributed by atoms with Crippen LogP contribution in [0.1, 0.15) is 20.0 Å². The van der Waals surface area contributed by atoms with Crippen molar-refractivity contribution in [1.29, 1.82) is 0 Å². The molecule has 0 amide bonds. The van der Waals surface area contributed by atoms with Crippen LogP contribution in [0.25, 0.3) is 31.3 Å². The molecular weight excluding hydrogens is 392 g/mol. The molecule has 0 atom stereocenters. The number of thiophene rings is 2. The lowest BCUT2D eigenvalue weighted by atomic mass is 10.0. The summed E-state index contributed by atoms with van der Waals surface area (Å²) in [5, 5.41) is 18.1. The molecule has 2 aromatic heterocycles. The molecular formula is C22H14O4S2. The average Bonchev–Trinajstić information content (AvgIpc) is 3.38. The summed E-state index contributed by atoms with van der Waals surface area (Å²) in [5.41, 5.74) is 3.33. The van der Waals surface area contributed by atoms with Crippen LogP contribution in [0, 0.1) is 0 Å². The molecule has 2 aromatic carbocycles. The first-order valence-corrected chi connectivity index (χ1v) is 10.0. The van der Waals surface area contributed by atoms with Gasteiger partial charge >= 0.3 is 11.9 Å². The Balaban J connectivity index is 1.56. The van der Waals surface area contributed by atoms with Crippen LogP contribution in [0.2, 0.25) is 0 Å². The Morgan fingerprint density at radius 2 is 1.04 bits per heavy atom. The second-order valence-corrected chi connectivity index (χ2v) is 8.26. The van der Waals surface area contributed by atoms with Gasteiger partial charge in [-0.15, -0.1) is 22.7 Å². The Labute approximate surface area is 169 Å². The van der Waals surface area contributed by atoms with Crippen LogP contribution in [-0.2, 0) is 0 Å². The lowest BCUT2D eigenvalue weighted by Gasteiger charge is -2.04. The van der Waals surface area contributed by atoms with Crippen molar-refractivity contribution in [2.45, 2.75) is 0 Å². The van der Waals surface area contributed by atoms with Crippen LogP contribution in [0.3, 0.4) is 0 Å². The van der Waals surface area contributed by atoms with Gasteiger partial charge in [-0.1, -0.05) is 36.4 Å². The highest BCUT2D eigenvalue weighted by molar-refractivity contribution is 7.24. The molecule has 0 aliphatic rings. The van der Waals surface area contributed by atoms with Gasteiger partial charge in [-0.05, 0) is 53.1 Å². The molecule has 0 bridgehead atoms. The molecule has 0 spiro atoms. The van der Waals surface area contributed by atoms with Gasteiger partial charge in [0, 0.05) is 14.6 Å². The van der Waals surface area contributed by atoms with Crippen LogP contribution < -0.4 is 0 Å². The summed E-state index contributed by atoms with van der Waals surface area (Å²) in [6, 6.07) is 22.4. The minimum Gasteiger partial charge on any atom is -0.478 e. The quantitative estimate of drug-likeness (QED) is 0.413. The zero-order chi connectivity index (χ0) is 19.7. The first-order valence-electron chi connectivity index (χ1n) is 8.39. The molecule has 0 radical (unpaired) electrons. The van der Waals surface area contributed by atoms with Crippen molar-refractivity contribution in [3.63, 3.8) is 0 Å². The molecule has 2 heterocycles. The van der Waals surface area contributed by atoms with Crippen LogP contribution in [0.5, 0.6) is 0 Å². The molecule has 28 heavy (non-hydrogen) atoms. The molecule has 0 unspecified atom stereocenters. The van der Waals surface area contributed by atoms with E-state index in [0.29, 0.717) is 4.88 Å². The maximum absolute atomic E-state index is 11.1.